The van der Waals surface area contributed by atoms with Crippen molar-refractivity contribution in [3.8, 4) is 11.8 Å². The number of carbonyl (C=O) groups is 1. The Morgan fingerprint density at radius 2 is 1.92 bits per heavy atom. The van der Waals surface area contributed by atoms with Crippen molar-refractivity contribution in [2.24, 2.45) is 0 Å². The predicted octanol–water partition coefficient (Wildman–Crippen LogP) is 3.89. The third-order valence-corrected chi connectivity index (χ3v) is 3.84. The van der Waals surface area contributed by atoms with E-state index in [1.54, 1.807) is 37.6 Å². The Morgan fingerprint density at radius 1 is 1.15 bits per heavy atom. The van der Waals surface area contributed by atoms with Crippen molar-refractivity contribution in [2.45, 2.75) is 6.61 Å². The van der Waals surface area contributed by atoms with Crippen LogP contribution in [0.1, 0.15) is 11.1 Å². The number of carbonyl (C=O) groups excluding carboxylic acids is 1. The summed E-state index contributed by atoms with van der Waals surface area (Å²) < 4.78 is 10.4. The first-order chi connectivity index (χ1) is 12.7. The van der Waals surface area contributed by atoms with Crippen molar-refractivity contribution in [3.05, 3.63) is 77.5 Å². The van der Waals surface area contributed by atoms with Gasteiger partial charge in [-0.3, -0.25) is 4.98 Å². The summed E-state index contributed by atoms with van der Waals surface area (Å²) in [7, 11) is 1.57. The van der Waals surface area contributed by atoms with E-state index in [-0.39, 0.29) is 12.2 Å². The van der Waals surface area contributed by atoms with Crippen LogP contribution in [0.25, 0.3) is 17.0 Å². The second kappa shape index (κ2) is 7.95. The van der Waals surface area contributed by atoms with Crippen LogP contribution >= 0.6 is 0 Å². The van der Waals surface area contributed by atoms with Crippen molar-refractivity contribution in [1.29, 1.82) is 5.26 Å². The third kappa shape index (κ3) is 3.87. The molecular formula is C21H16N2O3. The number of ether oxygens (including phenoxy) is 2. The number of pyridine rings is 1. The summed E-state index contributed by atoms with van der Waals surface area (Å²) in [6.45, 7) is 0.0504. The van der Waals surface area contributed by atoms with Crippen molar-refractivity contribution >= 4 is 22.9 Å². The highest BCUT2D eigenvalue weighted by molar-refractivity contribution is 5.98. The fourth-order valence-corrected chi connectivity index (χ4v) is 2.51. The summed E-state index contributed by atoms with van der Waals surface area (Å²) in [6.07, 6.45) is 3.18. The molecule has 5 nitrogen and oxygen atoms in total. The molecule has 0 radical (unpaired) electrons. The molecule has 0 spiro atoms. The Balaban J connectivity index is 1.75. The lowest BCUT2D eigenvalue weighted by Gasteiger charge is -2.07. The number of hydrogen-bond acceptors (Lipinski definition) is 5. The molecule has 0 unspecified atom stereocenters. The number of benzene rings is 2. The first kappa shape index (κ1) is 17.2. The van der Waals surface area contributed by atoms with Gasteiger partial charge in [0.25, 0.3) is 0 Å². The van der Waals surface area contributed by atoms with Crippen LogP contribution in [0.2, 0.25) is 0 Å². The van der Waals surface area contributed by atoms with Crippen LogP contribution in [0.5, 0.6) is 5.75 Å². The van der Waals surface area contributed by atoms with Crippen LogP contribution in [0, 0.1) is 11.3 Å². The lowest BCUT2D eigenvalue weighted by atomic mass is 10.1. The average molecular weight is 344 g/mol. The largest absolute Gasteiger partial charge is 0.497 e. The summed E-state index contributed by atoms with van der Waals surface area (Å²) in [5.74, 6) is 0.0305. The molecule has 1 aromatic heterocycles. The number of methoxy groups -OCH3 is 1. The first-order valence-corrected chi connectivity index (χ1v) is 7.97. The number of aromatic nitrogens is 1. The smallest absolute Gasteiger partial charge is 0.349 e. The van der Waals surface area contributed by atoms with Crippen LogP contribution in [0.4, 0.5) is 0 Å². The monoisotopic (exact) mass is 344 g/mol. The van der Waals surface area contributed by atoms with Crippen molar-refractivity contribution in [2.75, 3.05) is 7.11 Å². The molecule has 0 saturated carbocycles. The summed E-state index contributed by atoms with van der Waals surface area (Å²) >= 11 is 0. The van der Waals surface area contributed by atoms with E-state index in [1.807, 2.05) is 36.4 Å². The molecule has 3 rings (SSSR count). The molecule has 0 saturated heterocycles. The molecule has 0 bridgehead atoms. The molecule has 0 atom stereocenters. The van der Waals surface area contributed by atoms with Gasteiger partial charge < -0.3 is 9.47 Å². The van der Waals surface area contributed by atoms with E-state index in [0.717, 1.165) is 16.5 Å². The van der Waals surface area contributed by atoms with Crippen LogP contribution in [-0.4, -0.2) is 18.1 Å². The Kier molecular flexibility index (Phi) is 5.25. The Labute approximate surface area is 151 Å². The van der Waals surface area contributed by atoms with E-state index in [2.05, 4.69) is 4.98 Å². The minimum absolute atomic E-state index is 0.0504. The van der Waals surface area contributed by atoms with Crippen LogP contribution in [0.15, 0.2) is 66.4 Å². The topological polar surface area (TPSA) is 72.2 Å². The molecule has 0 N–H and O–H groups in total. The molecular weight excluding hydrogens is 328 g/mol. The fraction of sp³-hybridized carbons (Fsp3) is 0.0952. The van der Waals surface area contributed by atoms with E-state index in [9.17, 15) is 10.1 Å². The van der Waals surface area contributed by atoms with Crippen molar-refractivity contribution in [3.63, 3.8) is 0 Å². The highest BCUT2D eigenvalue weighted by Gasteiger charge is 2.12. The van der Waals surface area contributed by atoms with Crippen LogP contribution in [0.3, 0.4) is 0 Å². The molecule has 0 aliphatic rings. The second-order valence-electron chi connectivity index (χ2n) is 5.51. The Bertz CT molecular complexity index is 996. The number of esters is 1. The molecule has 26 heavy (non-hydrogen) atoms. The van der Waals surface area contributed by atoms with Crippen molar-refractivity contribution < 1.29 is 14.3 Å². The number of para-hydroxylation sites is 1. The van der Waals surface area contributed by atoms with Crippen molar-refractivity contribution in [1.82, 2.24) is 4.98 Å². The average Bonchev–Trinajstić information content (AvgIpc) is 2.70. The zero-order chi connectivity index (χ0) is 18.4. The maximum atomic E-state index is 12.3. The number of nitriles is 1. The summed E-state index contributed by atoms with van der Waals surface area (Å²) in [6, 6.07) is 18.4. The fourth-order valence-electron chi connectivity index (χ4n) is 2.51. The summed E-state index contributed by atoms with van der Waals surface area (Å²) in [5, 5.41) is 10.2. The number of fused-ring (bicyclic) bond motifs is 1. The summed E-state index contributed by atoms with van der Waals surface area (Å²) in [4.78, 5) is 16.6. The van der Waals surface area contributed by atoms with E-state index < -0.39 is 5.97 Å². The molecule has 128 valence electrons. The van der Waals surface area contributed by atoms with Crippen LogP contribution in [-0.2, 0) is 16.1 Å². The van der Waals surface area contributed by atoms with Gasteiger partial charge in [-0.1, -0.05) is 36.4 Å². The predicted molar refractivity (Wildman–Crippen MR) is 98.1 cm³/mol. The number of nitrogens with zero attached hydrogens (tertiary/aromatic N) is 2. The molecule has 0 aliphatic carbocycles. The maximum Gasteiger partial charge on any atom is 0.349 e. The molecule has 2 aromatic carbocycles. The van der Waals surface area contributed by atoms with Gasteiger partial charge >= 0.3 is 5.97 Å². The molecule has 0 fully saturated rings. The van der Waals surface area contributed by atoms with E-state index in [4.69, 9.17) is 9.47 Å². The maximum absolute atomic E-state index is 12.3. The Morgan fingerprint density at radius 3 is 2.65 bits per heavy atom. The second-order valence-corrected chi connectivity index (χ2v) is 5.51. The van der Waals surface area contributed by atoms with Gasteiger partial charge in [-0.2, -0.15) is 5.26 Å². The van der Waals surface area contributed by atoms with Gasteiger partial charge in [0.2, 0.25) is 0 Å². The summed E-state index contributed by atoms with van der Waals surface area (Å²) in [5.41, 5.74) is 2.22. The van der Waals surface area contributed by atoms with Gasteiger partial charge in [0.1, 0.15) is 24.0 Å². The zero-order valence-electron chi connectivity index (χ0n) is 14.2. The SMILES string of the molecule is COc1ccc(/C=C(\C#N)C(=O)OCc2cccc3cccnc23)cc1. The highest BCUT2D eigenvalue weighted by Crippen LogP contribution is 2.18. The molecule has 3 aromatic rings. The third-order valence-electron chi connectivity index (χ3n) is 3.84. The highest BCUT2D eigenvalue weighted by atomic mass is 16.5. The van der Waals surface area contributed by atoms with Gasteiger partial charge in [0.15, 0.2) is 0 Å². The molecule has 0 amide bonds. The molecule has 0 aliphatic heterocycles. The number of rotatable bonds is 5. The lowest BCUT2D eigenvalue weighted by Crippen LogP contribution is -2.07. The molecule has 1 heterocycles. The minimum atomic E-state index is -0.670. The van der Waals surface area contributed by atoms with E-state index >= 15 is 0 Å². The van der Waals surface area contributed by atoms with E-state index in [1.165, 1.54) is 6.08 Å². The Hall–Kier alpha value is -3.65. The standard InChI is InChI=1S/C21H16N2O3/c1-25-19-9-7-15(8-10-19)12-18(13-22)21(24)26-14-17-5-2-4-16-6-3-11-23-20(16)17/h2-12H,14H2,1H3/b18-12+. The van der Waals surface area contributed by atoms with Gasteiger partial charge in [-0.05, 0) is 29.8 Å². The quantitative estimate of drug-likeness (QED) is 0.399. The normalized spacial score (nSPS) is 11.0. The minimum Gasteiger partial charge on any atom is -0.497 e. The van der Waals surface area contributed by atoms with Crippen LogP contribution < -0.4 is 4.74 Å². The molecule has 5 heteroatoms. The first-order valence-electron chi connectivity index (χ1n) is 7.97. The zero-order valence-corrected chi connectivity index (χ0v) is 14.2. The van der Waals surface area contributed by atoms with E-state index in [0.29, 0.717) is 11.3 Å². The lowest BCUT2D eigenvalue weighted by molar-refractivity contribution is -0.139. The van der Waals surface area contributed by atoms with Gasteiger partial charge in [-0.15, -0.1) is 0 Å². The van der Waals surface area contributed by atoms with Gasteiger partial charge in [-0.25, -0.2) is 4.79 Å². The number of hydrogen-bond donors (Lipinski definition) is 0. The van der Waals surface area contributed by atoms with Gasteiger partial charge in [0.05, 0.1) is 12.6 Å². The van der Waals surface area contributed by atoms with Gasteiger partial charge in [0, 0.05) is 17.1 Å².